The smallest absolute Gasteiger partial charge is 0.175 e. The van der Waals surface area contributed by atoms with Crippen LogP contribution in [0.15, 0.2) is 0 Å². The van der Waals surface area contributed by atoms with E-state index in [1.165, 1.54) is 0 Å². The van der Waals surface area contributed by atoms with Gasteiger partial charge >= 0.3 is 0 Å². The molecule has 1 aliphatic heterocycles. The summed E-state index contributed by atoms with van der Waals surface area (Å²) in [5, 5.41) is 60.7. The van der Waals surface area contributed by atoms with Crippen molar-refractivity contribution in [3.05, 3.63) is 0 Å². The van der Waals surface area contributed by atoms with Crippen LogP contribution in [0.2, 0.25) is 0 Å². The zero-order chi connectivity index (χ0) is 27.9. The number of hydrogen-bond acceptors (Lipinski definition) is 15. The Morgan fingerprint density at radius 2 is 1.35 bits per heavy atom. The fraction of sp³-hybridized carbons (Fsp3) is 1.00. The molecule has 0 radical (unpaired) electrons. The molecule has 15 nitrogen and oxygen atoms in total. The minimum Gasteiger partial charge on any atom is -0.389 e. The van der Waals surface area contributed by atoms with Crippen molar-refractivity contribution < 1.29 is 44.8 Å². The van der Waals surface area contributed by atoms with Gasteiger partial charge in [0, 0.05) is 44.8 Å². The highest BCUT2D eigenvalue weighted by atomic mass is 16.7. The molecule has 0 bridgehead atoms. The van der Waals surface area contributed by atoms with Gasteiger partial charge in [0.1, 0.15) is 30.5 Å². The number of aliphatic hydroxyl groups is 6. The van der Waals surface area contributed by atoms with Crippen molar-refractivity contribution in [2.45, 2.75) is 79.7 Å². The standard InChI is InChI=1S/C22H48N6O9/c1-27(7-11(29)9-35-21-14(25)5-13(24)17(31)20(21)34)3-4-28(2)8-12(30)10-36-22-16(26)19(33)18(32)15(6-23)37-22/h11-22,29-34H,3-10,23-26H2,1-2H3/t11?,12?,13-,14+,15-,16-,17+,18-,19-,20-,21-,22+/m1/s1. The Hall–Kier alpha value is -0.600. The first kappa shape index (κ1) is 32.6. The largest absolute Gasteiger partial charge is 0.389 e. The summed E-state index contributed by atoms with van der Waals surface area (Å²) in [6, 6.07) is -2.14. The quantitative estimate of drug-likeness (QED) is 0.0982. The molecule has 220 valence electrons. The highest BCUT2D eigenvalue weighted by molar-refractivity contribution is 4.97. The van der Waals surface area contributed by atoms with Crippen LogP contribution in [0.4, 0.5) is 0 Å². The van der Waals surface area contributed by atoms with Gasteiger partial charge in [0.25, 0.3) is 0 Å². The Morgan fingerprint density at radius 1 is 0.811 bits per heavy atom. The lowest BCUT2D eigenvalue weighted by Crippen LogP contribution is -2.63. The third-order valence-corrected chi connectivity index (χ3v) is 6.91. The van der Waals surface area contributed by atoms with Gasteiger partial charge in [0.15, 0.2) is 6.29 Å². The number of likely N-dealkylation sites (N-methyl/N-ethyl adjacent to an activating group) is 2. The van der Waals surface area contributed by atoms with E-state index in [-0.39, 0.29) is 26.3 Å². The monoisotopic (exact) mass is 540 g/mol. The zero-order valence-corrected chi connectivity index (χ0v) is 21.7. The van der Waals surface area contributed by atoms with E-state index in [9.17, 15) is 30.6 Å². The molecule has 37 heavy (non-hydrogen) atoms. The summed E-state index contributed by atoms with van der Waals surface area (Å²) < 4.78 is 16.6. The summed E-state index contributed by atoms with van der Waals surface area (Å²) in [4.78, 5) is 3.78. The first-order valence-electron chi connectivity index (χ1n) is 12.7. The topological polar surface area (TPSA) is 260 Å². The summed E-state index contributed by atoms with van der Waals surface area (Å²) in [6.45, 7) is 1.58. The van der Waals surface area contributed by atoms with Crippen molar-refractivity contribution in [1.82, 2.24) is 9.80 Å². The van der Waals surface area contributed by atoms with Crippen molar-refractivity contribution in [2.24, 2.45) is 22.9 Å². The molecule has 1 heterocycles. The minimum atomic E-state index is -1.25. The van der Waals surface area contributed by atoms with Crippen LogP contribution in [0, 0.1) is 0 Å². The van der Waals surface area contributed by atoms with Gasteiger partial charge in [-0.05, 0) is 20.5 Å². The molecule has 0 aromatic carbocycles. The number of rotatable bonds is 14. The highest BCUT2D eigenvalue weighted by Crippen LogP contribution is 2.22. The van der Waals surface area contributed by atoms with Gasteiger partial charge in [-0.2, -0.15) is 0 Å². The van der Waals surface area contributed by atoms with E-state index in [1.807, 2.05) is 23.9 Å². The van der Waals surface area contributed by atoms with Crippen LogP contribution in [0.5, 0.6) is 0 Å². The van der Waals surface area contributed by atoms with Crippen molar-refractivity contribution in [3.8, 4) is 0 Å². The number of ether oxygens (including phenoxy) is 3. The second-order valence-electron chi connectivity index (χ2n) is 10.3. The second kappa shape index (κ2) is 15.3. The predicted molar refractivity (Wildman–Crippen MR) is 133 cm³/mol. The molecule has 0 aromatic rings. The van der Waals surface area contributed by atoms with E-state index >= 15 is 0 Å². The molecule has 2 aliphatic rings. The van der Waals surface area contributed by atoms with Crippen LogP contribution >= 0.6 is 0 Å². The van der Waals surface area contributed by atoms with Crippen molar-refractivity contribution >= 4 is 0 Å². The molecule has 2 unspecified atom stereocenters. The molecule has 0 aromatic heterocycles. The van der Waals surface area contributed by atoms with Gasteiger partial charge in [-0.25, -0.2) is 0 Å². The normalized spacial score (nSPS) is 38.8. The summed E-state index contributed by atoms with van der Waals surface area (Å²) >= 11 is 0. The molecule has 1 aliphatic carbocycles. The van der Waals surface area contributed by atoms with Crippen molar-refractivity contribution in [3.63, 3.8) is 0 Å². The summed E-state index contributed by atoms with van der Waals surface area (Å²) in [5.41, 5.74) is 23.1. The first-order valence-corrected chi connectivity index (χ1v) is 12.7. The molecule has 1 saturated carbocycles. The van der Waals surface area contributed by atoms with E-state index in [0.717, 1.165) is 0 Å². The Kier molecular flexibility index (Phi) is 13.4. The third kappa shape index (κ3) is 9.52. The van der Waals surface area contributed by atoms with Crippen LogP contribution in [-0.2, 0) is 14.2 Å². The Labute approximate surface area is 217 Å². The average Bonchev–Trinajstić information content (AvgIpc) is 2.84. The van der Waals surface area contributed by atoms with Gasteiger partial charge in [-0.3, -0.25) is 0 Å². The summed E-state index contributed by atoms with van der Waals surface area (Å²) in [5.74, 6) is 0. The molecule has 15 heteroatoms. The lowest BCUT2D eigenvalue weighted by Gasteiger charge is -2.40. The molecule has 0 amide bonds. The van der Waals surface area contributed by atoms with Crippen molar-refractivity contribution in [1.29, 1.82) is 0 Å². The Balaban J connectivity index is 1.64. The Bertz CT molecular complexity index is 656. The molecule has 0 spiro atoms. The lowest BCUT2D eigenvalue weighted by molar-refractivity contribution is -0.262. The van der Waals surface area contributed by atoms with Crippen molar-refractivity contribution in [2.75, 3.05) is 60.0 Å². The minimum absolute atomic E-state index is 0.0155. The van der Waals surface area contributed by atoms with Gasteiger partial charge in [-0.15, -0.1) is 0 Å². The Morgan fingerprint density at radius 3 is 1.89 bits per heavy atom. The number of hydrogen-bond donors (Lipinski definition) is 10. The fourth-order valence-corrected chi connectivity index (χ4v) is 4.59. The van der Waals surface area contributed by atoms with Gasteiger partial charge < -0.3 is 77.6 Å². The summed E-state index contributed by atoms with van der Waals surface area (Å²) in [6.07, 6.45) is -8.83. The van der Waals surface area contributed by atoms with Crippen LogP contribution in [0.25, 0.3) is 0 Å². The average molecular weight is 541 g/mol. The predicted octanol–water partition coefficient (Wildman–Crippen LogP) is -6.51. The van der Waals surface area contributed by atoms with Crippen LogP contribution in [0.3, 0.4) is 0 Å². The van der Waals surface area contributed by atoms with E-state index < -0.39 is 73.2 Å². The second-order valence-corrected chi connectivity index (χ2v) is 10.3. The molecule has 14 N–H and O–H groups in total. The third-order valence-electron chi connectivity index (χ3n) is 6.91. The van der Waals surface area contributed by atoms with E-state index in [4.69, 9.17) is 37.1 Å². The van der Waals surface area contributed by atoms with Gasteiger partial charge in [-0.1, -0.05) is 0 Å². The van der Waals surface area contributed by atoms with E-state index in [0.29, 0.717) is 26.1 Å². The molecular formula is C22H48N6O9. The van der Waals surface area contributed by atoms with E-state index in [1.54, 1.807) is 0 Å². The number of nitrogens with two attached hydrogens (primary N) is 4. The molecular weight excluding hydrogens is 492 g/mol. The summed E-state index contributed by atoms with van der Waals surface area (Å²) in [7, 11) is 3.65. The molecule has 2 rings (SSSR count). The maximum Gasteiger partial charge on any atom is 0.175 e. The molecule has 2 fully saturated rings. The molecule has 1 saturated heterocycles. The maximum absolute atomic E-state index is 10.3. The maximum atomic E-state index is 10.3. The SMILES string of the molecule is CN(CCN(C)CC(O)CO[C@H]1[C@H](O)[C@@H](O)[C@H](N)C[C@@H]1N)CC(O)CO[C@H]1O[C@H](CN)[C@@H](O)[C@H](O)[C@H]1N. The van der Waals surface area contributed by atoms with Gasteiger partial charge in [0.05, 0.1) is 37.6 Å². The van der Waals surface area contributed by atoms with Crippen LogP contribution < -0.4 is 22.9 Å². The number of nitrogens with zero attached hydrogens (tertiary/aromatic N) is 2. The zero-order valence-electron chi connectivity index (χ0n) is 21.7. The fourth-order valence-electron chi connectivity index (χ4n) is 4.59. The highest BCUT2D eigenvalue weighted by Gasteiger charge is 2.43. The van der Waals surface area contributed by atoms with Crippen LogP contribution in [-0.4, -0.2) is 174 Å². The van der Waals surface area contributed by atoms with Crippen LogP contribution in [0.1, 0.15) is 6.42 Å². The molecule has 12 atom stereocenters. The van der Waals surface area contributed by atoms with E-state index in [2.05, 4.69) is 0 Å². The van der Waals surface area contributed by atoms with Gasteiger partial charge in [0.2, 0.25) is 0 Å². The number of aliphatic hydroxyl groups excluding tert-OH is 6. The first-order chi connectivity index (χ1) is 17.3. The lowest BCUT2D eigenvalue weighted by atomic mass is 9.85.